The van der Waals surface area contributed by atoms with Gasteiger partial charge in [0, 0.05) is 19.2 Å². The standard InChI is InChI=1S/C11H13NO/c1-8-4-3-5-10-6-7-12(9(2)13)11(8)10/h3-5H,6-7H2,1-2H3. The number of amides is 1. The molecule has 0 N–H and O–H groups in total. The molecule has 1 aromatic carbocycles. The van der Waals surface area contributed by atoms with Crippen molar-refractivity contribution in [2.45, 2.75) is 20.3 Å². The van der Waals surface area contributed by atoms with Crippen LogP contribution in [0.4, 0.5) is 5.69 Å². The molecule has 0 saturated carbocycles. The van der Waals surface area contributed by atoms with Crippen LogP contribution in [0.15, 0.2) is 18.2 Å². The molecule has 13 heavy (non-hydrogen) atoms. The molecule has 0 unspecified atom stereocenters. The molecule has 2 nitrogen and oxygen atoms in total. The lowest BCUT2D eigenvalue weighted by molar-refractivity contribution is -0.116. The Morgan fingerprint density at radius 3 is 2.92 bits per heavy atom. The van der Waals surface area contributed by atoms with Crippen LogP contribution in [-0.2, 0) is 11.2 Å². The Morgan fingerprint density at radius 1 is 1.46 bits per heavy atom. The molecular weight excluding hydrogens is 162 g/mol. The van der Waals surface area contributed by atoms with Gasteiger partial charge in [-0.2, -0.15) is 0 Å². The van der Waals surface area contributed by atoms with Crippen molar-refractivity contribution < 1.29 is 4.79 Å². The largest absolute Gasteiger partial charge is 0.312 e. The molecule has 2 heteroatoms. The Labute approximate surface area is 78.2 Å². The van der Waals surface area contributed by atoms with Gasteiger partial charge >= 0.3 is 0 Å². The first-order chi connectivity index (χ1) is 6.20. The van der Waals surface area contributed by atoms with Crippen molar-refractivity contribution in [2.24, 2.45) is 0 Å². The first kappa shape index (κ1) is 8.30. The zero-order valence-electron chi connectivity index (χ0n) is 8.00. The van der Waals surface area contributed by atoms with E-state index in [1.54, 1.807) is 6.92 Å². The Balaban J connectivity index is 2.52. The lowest BCUT2D eigenvalue weighted by Gasteiger charge is -2.16. The first-order valence-electron chi connectivity index (χ1n) is 4.57. The highest BCUT2D eigenvalue weighted by Gasteiger charge is 2.22. The van der Waals surface area contributed by atoms with E-state index in [-0.39, 0.29) is 5.91 Å². The second kappa shape index (κ2) is 2.87. The van der Waals surface area contributed by atoms with Gasteiger partial charge < -0.3 is 4.90 Å². The quantitative estimate of drug-likeness (QED) is 0.589. The molecule has 68 valence electrons. The lowest BCUT2D eigenvalue weighted by Crippen LogP contribution is -2.26. The fourth-order valence-electron chi connectivity index (χ4n) is 1.97. The highest BCUT2D eigenvalue weighted by molar-refractivity contribution is 5.94. The van der Waals surface area contributed by atoms with Crippen LogP contribution in [0, 0.1) is 6.92 Å². The van der Waals surface area contributed by atoms with Gasteiger partial charge in [0.2, 0.25) is 5.91 Å². The van der Waals surface area contributed by atoms with Gasteiger partial charge in [-0.25, -0.2) is 0 Å². The van der Waals surface area contributed by atoms with Gasteiger partial charge in [0.05, 0.1) is 0 Å². The van der Waals surface area contributed by atoms with Gasteiger partial charge in [-0.15, -0.1) is 0 Å². The zero-order chi connectivity index (χ0) is 9.42. The van der Waals surface area contributed by atoms with Crippen molar-refractivity contribution in [1.82, 2.24) is 0 Å². The Bertz CT molecular complexity index is 357. The van der Waals surface area contributed by atoms with Crippen molar-refractivity contribution in [3.8, 4) is 0 Å². The van der Waals surface area contributed by atoms with Gasteiger partial charge in [-0.1, -0.05) is 18.2 Å². The normalized spacial score (nSPS) is 14.5. The summed E-state index contributed by atoms with van der Waals surface area (Å²) in [6.07, 6.45) is 0.997. The minimum Gasteiger partial charge on any atom is -0.312 e. The molecule has 0 radical (unpaired) electrons. The third-order valence-electron chi connectivity index (χ3n) is 2.58. The number of carbonyl (C=O) groups excluding carboxylic acids is 1. The van der Waals surface area contributed by atoms with Crippen molar-refractivity contribution in [3.05, 3.63) is 29.3 Å². The summed E-state index contributed by atoms with van der Waals surface area (Å²) in [5.74, 6) is 0.146. The summed E-state index contributed by atoms with van der Waals surface area (Å²) in [6, 6.07) is 6.21. The van der Waals surface area contributed by atoms with Crippen LogP contribution >= 0.6 is 0 Å². The fraction of sp³-hybridized carbons (Fsp3) is 0.364. The maximum absolute atomic E-state index is 11.3. The molecule has 0 saturated heterocycles. The molecule has 2 rings (SSSR count). The molecular formula is C11H13NO. The molecule has 1 aliphatic heterocycles. The van der Waals surface area contributed by atoms with E-state index in [4.69, 9.17) is 0 Å². The summed E-state index contributed by atoms with van der Waals surface area (Å²) in [6.45, 7) is 4.52. The molecule has 1 amide bonds. The van der Waals surface area contributed by atoms with E-state index < -0.39 is 0 Å². The second-order valence-corrected chi connectivity index (χ2v) is 3.50. The van der Waals surface area contributed by atoms with Gasteiger partial charge in [-0.3, -0.25) is 4.79 Å². The van der Waals surface area contributed by atoms with Gasteiger partial charge in [0.1, 0.15) is 0 Å². The summed E-state index contributed by atoms with van der Waals surface area (Å²) in [7, 11) is 0. The molecule has 0 aliphatic carbocycles. The van der Waals surface area contributed by atoms with E-state index in [9.17, 15) is 4.79 Å². The van der Waals surface area contributed by atoms with Crippen molar-refractivity contribution in [3.63, 3.8) is 0 Å². The lowest BCUT2D eigenvalue weighted by atomic mass is 10.1. The van der Waals surface area contributed by atoms with Crippen molar-refractivity contribution in [1.29, 1.82) is 0 Å². The molecule has 1 heterocycles. The van der Waals surface area contributed by atoms with Gasteiger partial charge in [0.15, 0.2) is 0 Å². The predicted octanol–water partition coefficient (Wildman–Crippen LogP) is 1.90. The number of para-hydroxylation sites is 1. The van der Waals surface area contributed by atoms with Crippen molar-refractivity contribution >= 4 is 11.6 Å². The first-order valence-corrected chi connectivity index (χ1v) is 4.57. The number of nitrogens with zero attached hydrogens (tertiary/aromatic N) is 1. The molecule has 0 atom stereocenters. The topological polar surface area (TPSA) is 20.3 Å². The highest BCUT2D eigenvalue weighted by atomic mass is 16.2. The summed E-state index contributed by atoms with van der Waals surface area (Å²) >= 11 is 0. The van der Waals surface area contributed by atoms with E-state index >= 15 is 0 Å². The molecule has 0 bridgehead atoms. The van der Waals surface area contributed by atoms with Crippen molar-refractivity contribution in [2.75, 3.05) is 11.4 Å². The van der Waals surface area contributed by atoms with Crippen LogP contribution in [0.25, 0.3) is 0 Å². The minimum absolute atomic E-state index is 0.146. The molecule has 0 fully saturated rings. The molecule has 0 aromatic heterocycles. The minimum atomic E-state index is 0.146. The smallest absolute Gasteiger partial charge is 0.223 e. The summed E-state index contributed by atoms with van der Waals surface area (Å²) in [4.78, 5) is 13.2. The van der Waals surface area contributed by atoms with Gasteiger partial charge in [0.25, 0.3) is 0 Å². The van der Waals surface area contributed by atoms with Crippen LogP contribution in [-0.4, -0.2) is 12.5 Å². The highest BCUT2D eigenvalue weighted by Crippen LogP contribution is 2.30. The zero-order valence-corrected chi connectivity index (χ0v) is 8.00. The third-order valence-corrected chi connectivity index (χ3v) is 2.58. The Morgan fingerprint density at radius 2 is 2.23 bits per heavy atom. The monoisotopic (exact) mass is 175 g/mol. The van der Waals surface area contributed by atoms with E-state index in [0.717, 1.165) is 18.7 Å². The number of rotatable bonds is 0. The van der Waals surface area contributed by atoms with E-state index in [1.165, 1.54) is 11.1 Å². The van der Waals surface area contributed by atoms with Crippen LogP contribution in [0.3, 0.4) is 0 Å². The number of benzene rings is 1. The maximum Gasteiger partial charge on any atom is 0.223 e. The number of aryl methyl sites for hydroxylation is 1. The summed E-state index contributed by atoms with van der Waals surface area (Å²) in [5, 5.41) is 0. The second-order valence-electron chi connectivity index (χ2n) is 3.50. The van der Waals surface area contributed by atoms with Crippen LogP contribution < -0.4 is 4.90 Å². The van der Waals surface area contributed by atoms with Crippen LogP contribution in [0.2, 0.25) is 0 Å². The molecule has 0 spiro atoms. The maximum atomic E-state index is 11.3. The average Bonchev–Trinajstić information content (AvgIpc) is 2.49. The Hall–Kier alpha value is -1.31. The average molecular weight is 175 g/mol. The molecule has 1 aromatic rings. The van der Waals surface area contributed by atoms with E-state index in [0.29, 0.717) is 0 Å². The number of anilines is 1. The van der Waals surface area contributed by atoms with E-state index in [2.05, 4.69) is 25.1 Å². The fourth-order valence-corrected chi connectivity index (χ4v) is 1.97. The third kappa shape index (κ3) is 1.22. The number of hydrogen-bond acceptors (Lipinski definition) is 1. The molecule has 1 aliphatic rings. The summed E-state index contributed by atoms with van der Waals surface area (Å²) < 4.78 is 0. The predicted molar refractivity (Wildman–Crippen MR) is 52.9 cm³/mol. The van der Waals surface area contributed by atoms with Crippen LogP contribution in [0.1, 0.15) is 18.1 Å². The Kier molecular flexibility index (Phi) is 1.83. The van der Waals surface area contributed by atoms with Crippen LogP contribution in [0.5, 0.6) is 0 Å². The van der Waals surface area contributed by atoms with Gasteiger partial charge in [-0.05, 0) is 24.5 Å². The SMILES string of the molecule is CC(=O)N1CCc2cccc(C)c21. The number of carbonyl (C=O) groups is 1. The number of fused-ring (bicyclic) bond motifs is 1. The number of hydrogen-bond donors (Lipinski definition) is 0. The van der Waals surface area contributed by atoms with E-state index in [1.807, 2.05) is 4.90 Å². The summed E-state index contributed by atoms with van der Waals surface area (Å²) in [5.41, 5.74) is 3.63.